The smallest absolute Gasteiger partial charge is 0.234 e. The van der Waals surface area contributed by atoms with Gasteiger partial charge < -0.3 is 5.32 Å². The number of amides is 1. The number of hydrogen-bond acceptors (Lipinski definition) is 3. The van der Waals surface area contributed by atoms with Crippen LogP contribution in [0.1, 0.15) is 19.2 Å². The number of nitrogens with zero attached hydrogens (tertiary/aromatic N) is 3. The molecule has 5 nitrogen and oxygen atoms in total. The molecule has 1 unspecified atom stereocenters. The van der Waals surface area contributed by atoms with Gasteiger partial charge in [-0.15, -0.1) is 10.2 Å². The summed E-state index contributed by atoms with van der Waals surface area (Å²) in [6, 6.07) is 5.68. The van der Waals surface area contributed by atoms with Crippen LogP contribution in [0.25, 0.3) is 5.65 Å². The molecule has 0 aromatic carbocycles. The zero-order valence-corrected chi connectivity index (χ0v) is 11.0. The molecule has 6 heteroatoms. The van der Waals surface area contributed by atoms with Gasteiger partial charge in [-0.1, -0.05) is 28.9 Å². The van der Waals surface area contributed by atoms with Gasteiger partial charge in [-0.05, 0) is 18.6 Å². The van der Waals surface area contributed by atoms with Gasteiger partial charge in [-0.25, -0.2) is 0 Å². The van der Waals surface area contributed by atoms with Crippen LogP contribution >= 0.6 is 15.9 Å². The third-order valence-electron chi connectivity index (χ3n) is 2.45. The van der Waals surface area contributed by atoms with Gasteiger partial charge in [0.15, 0.2) is 11.5 Å². The number of halogens is 1. The monoisotopic (exact) mass is 296 g/mol. The Labute approximate surface area is 107 Å². The molecule has 2 heterocycles. The van der Waals surface area contributed by atoms with Gasteiger partial charge in [0.1, 0.15) is 0 Å². The molecule has 1 atom stereocenters. The van der Waals surface area contributed by atoms with E-state index >= 15 is 0 Å². The first kappa shape index (κ1) is 12.0. The van der Waals surface area contributed by atoms with E-state index in [-0.39, 0.29) is 10.7 Å². The molecule has 0 aliphatic heterocycles. The fraction of sp³-hybridized carbons (Fsp3) is 0.364. The highest BCUT2D eigenvalue weighted by Crippen LogP contribution is 2.05. The van der Waals surface area contributed by atoms with Crippen molar-refractivity contribution in [2.45, 2.75) is 24.7 Å². The van der Waals surface area contributed by atoms with Crippen molar-refractivity contribution in [1.82, 2.24) is 19.9 Å². The third kappa shape index (κ3) is 2.63. The highest BCUT2D eigenvalue weighted by atomic mass is 79.9. The van der Waals surface area contributed by atoms with Crippen LogP contribution in [-0.4, -0.2) is 25.3 Å². The number of carbonyl (C=O) groups excluding carboxylic acids is 1. The van der Waals surface area contributed by atoms with Crippen LogP contribution < -0.4 is 5.32 Å². The third-order valence-corrected chi connectivity index (χ3v) is 3.51. The van der Waals surface area contributed by atoms with Crippen LogP contribution in [0.4, 0.5) is 0 Å². The molecule has 0 aliphatic rings. The molecule has 0 saturated carbocycles. The SMILES string of the molecule is CCC(Br)C(=O)NCc1nnc2ccccn12. The number of hydrogen-bond donors (Lipinski definition) is 1. The maximum absolute atomic E-state index is 11.6. The highest BCUT2D eigenvalue weighted by Gasteiger charge is 2.13. The van der Waals surface area contributed by atoms with E-state index < -0.39 is 0 Å². The minimum absolute atomic E-state index is 0.0276. The van der Waals surface area contributed by atoms with Crippen molar-refractivity contribution < 1.29 is 4.79 Å². The first-order valence-corrected chi connectivity index (χ1v) is 6.34. The Morgan fingerprint density at radius 1 is 1.53 bits per heavy atom. The van der Waals surface area contributed by atoms with Crippen molar-refractivity contribution in [3.05, 3.63) is 30.2 Å². The van der Waals surface area contributed by atoms with Crippen LogP contribution in [0.3, 0.4) is 0 Å². The minimum atomic E-state index is -0.151. The molecule has 0 bridgehead atoms. The van der Waals surface area contributed by atoms with E-state index in [1.807, 2.05) is 35.7 Å². The molecular weight excluding hydrogens is 284 g/mol. The molecule has 1 N–H and O–H groups in total. The first-order chi connectivity index (χ1) is 8.22. The number of carbonyl (C=O) groups is 1. The van der Waals surface area contributed by atoms with E-state index in [1.54, 1.807) is 0 Å². The summed E-state index contributed by atoms with van der Waals surface area (Å²) in [4.78, 5) is 11.4. The van der Waals surface area contributed by atoms with E-state index in [0.717, 1.165) is 17.9 Å². The van der Waals surface area contributed by atoms with Crippen LogP contribution in [0.2, 0.25) is 0 Å². The number of alkyl halides is 1. The van der Waals surface area contributed by atoms with Gasteiger partial charge in [0, 0.05) is 6.20 Å². The summed E-state index contributed by atoms with van der Waals surface area (Å²) in [5, 5.41) is 10.9. The van der Waals surface area contributed by atoms with Gasteiger partial charge >= 0.3 is 0 Å². The van der Waals surface area contributed by atoms with Gasteiger partial charge in [0.25, 0.3) is 0 Å². The fourth-order valence-electron chi connectivity index (χ4n) is 1.47. The quantitative estimate of drug-likeness (QED) is 0.870. The zero-order valence-electron chi connectivity index (χ0n) is 9.43. The fourth-order valence-corrected chi connectivity index (χ4v) is 1.64. The minimum Gasteiger partial charge on any atom is -0.348 e. The van der Waals surface area contributed by atoms with Gasteiger partial charge in [0.2, 0.25) is 5.91 Å². The van der Waals surface area contributed by atoms with Crippen molar-refractivity contribution in [1.29, 1.82) is 0 Å². The lowest BCUT2D eigenvalue weighted by Crippen LogP contribution is -2.30. The standard InChI is InChI=1S/C11H13BrN4O/c1-2-8(12)11(17)13-7-10-15-14-9-5-3-4-6-16(9)10/h3-6,8H,2,7H2,1H3,(H,13,17). The molecule has 90 valence electrons. The number of aromatic nitrogens is 3. The second-order valence-corrected chi connectivity index (χ2v) is 4.74. The molecule has 0 radical (unpaired) electrons. The lowest BCUT2D eigenvalue weighted by Gasteiger charge is -2.07. The number of fused-ring (bicyclic) bond motifs is 1. The normalized spacial score (nSPS) is 12.6. The second-order valence-electron chi connectivity index (χ2n) is 3.64. The molecule has 0 saturated heterocycles. The molecular formula is C11H13BrN4O. The van der Waals surface area contributed by atoms with Crippen molar-refractivity contribution in [3.63, 3.8) is 0 Å². The molecule has 2 aromatic heterocycles. The molecule has 2 aromatic rings. The summed E-state index contributed by atoms with van der Waals surface area (Å²) in [5.74, 6) is 0.699. The molecule has 0 aliphatic carbocycles. The van der Waals surface area contributed by atoms with E-state index in [0.29, 0.717) is 6.54 Å². The molecule has 0 spiro atoms. The van der Waals surface area contributed by atoms with Crippen LogP contribution in [0.5, 0.6) is 0 Å². The molecule has 2 rings (SSSR count). The van der Waals surface area contributed by atoms with E-state index in [4.69, 9.17) is 0 Å². The second kappa shape index (κ2) is 5.27. The van der Waals surface area contributed by atoms with Crippen LogP contribution in [-0.2, 0) is 11.3 Å². The maximum Gasteiger partial charge on any atom is 0.234 e. The van der Waals surface area contributed by atoms with Crippen molar-refractivity contribution in [3.8, 4) is 0 Å². The summed E-state index contributed by atoms with van der Waals surface area (Å²) >= 11 is 3.30. The summed E-state index contributed by atoms with van der Waals surface area (Å²) in [7, 11) is 0. The number of nitrogens with one attached hydrogen (secondary N) is 1. The molecule has 1 amide bonds. The average molecular weight is 297 g/mol. The Bertz CT molecular complexity index is 525. The van der Waals surface area contributed by atoms with Crippen molar-refractivity contribution >= 4 is 27.5 Å². The maximum atomic E-state index is 11.6. The van der Waals surface area contributed by atoms with Crippen LogP contribution in [0, 0.1) is 0 Å². The Hall–Kier alpha value is -1.43. The van der Waals surface area contributed by atoms with Crippen molar-refractivity contribution in [2.75, 3.05) is 0 Å². The Morgan fingerprint density at radius 3 is 3.12 bits per heavy atom. The summed E-state index contributed by atoms with van der Waals surface area (Å²) in [6.07, 6.45) is 2.63. The van der Waals surface area contributed by atoms with E-state index in [9.17, 15) is 4.79 Å². The van der Waals surface area contributed by atoms with Gasteiger partial charge in [-0.2, -0.15) is 0 Å². The average Bonchev–Trinajstić information content (AvgIpc) is 2.78. The van der Waals surface area contributed by atoms with Gasteiger partial charge in [0.05, 0.1) is 11.4 Å². The van der Waals surface area contributed by atoms with E-state index in [1.165, 1.54) is 0 Å². The summed E-state index contributed by atoms with van der Waals surface area (Å²) in [5.41, 5.74) is 0.780. The Balaban J connectivity index is 2.07. The van der Waals surface area contributed by atoms with E-state index in [2.05, 4.69) is 31.4 Å². The number of rotatable bonds is 4. The van der Waals surface area contributed by atoms with Crippen LogP contribution in [0.15, 0.2) is 24.4 Å². The first-order valence-electron chi connectivity index (χ1n) is 5.42. The highest BCUT2D eigenvalue weighted by molar-refractivity contribution is 9.10. The lowest BCUT2D eigenvalue weighted by atomic mass is 10.3. The Kier molecular flexibility index (Phi) is 3.73. The molecule has 17 heavy (non-hydrogen) atoms. The summed E-state index contributed by atoms with van der Waals surface area (Å²) < 4.78 is 1.86. The zero-order chi connectivity index (χ0) is 12.3. The lowest BCUT2D eigenvalue weighted by molar-refractivity contribution is -0.120. The number of pyridine rings is 1. The van der Waals surface area contributed by atoms with Gasteiger partial charge in [-0.3, -0.25) is 9.20 Å². The summed E-state index contributed by atoms with van der Waals surface area (Å²) in [6.45, 7) is 2.33. The predicted octanol–water partition coefficient (Wildman–Crippen LogP) is 1.52. The van der Waals surface area contributed by atoms with Crippen molar-refractivity contribution in [2.24, 2.45) is 0 Å². The molecule has 0 fully saturated rings. The predicted molar refractivity (Wildman–Crippen MR) is 67.8 cm³/mol. The Morgan fingerprint density at radius 2 is 2.35 bits per heavy atom. The topological polar surface area (TPSA) is 59.3 Å². The largest absolute Gasteiger partial charge is 0.348 e.